The molecule has 1 aromatic rings. The predicted octanol–water partition coefficient (Wildman–Crippen LogP) is 0.731. The van der Waals surface area contributed by atoms with Crippen LogP contribution in [0.3, 0.4) is 0 Å². The van der Waals surface area contributed by atoms with E-state index in [1.54, 1.807) is 12.1 Å². The van der Waals surface area contributed by atoms with Crippen LogP contribution in [0.15, 0.2) is 24.3 Å². The lowest BCUT2D eigenvalue weighted by atomic mass is 10.3. The summed E-state index contributed by atoms with van der Waals surface area (Å²) in [5.74, 6) is -0.474. The van der Waals surface area contributed by atoms with E-state index < -0.39 is 5.82 Å². The van der Waals surface area contributed by atoms with Gasteiger partial charge in [0.15, 0.2) is 5.82 Å². The topological polar surface area (TPSA) is 29.5 Å². The van der Waals surface area contributed by atoms with E-state index in [0.717, 1.165) is 0 Å². The molecule has 0 bridgehead atoms. The first-order chi connectivity index (χ1) is 4.84. The van der Waals surface area contributed by atoms with Crippen LogP contribution in [0.1, 0.15) is 0 Å². The van der Waals surface area contributed by atoms with Crippen molar-refractivity contribution in [1.29, 1.82) is 0 Å². The van der Waals surface area contributed by atoms with Gasteiger partial charge in [-0.3, -0.25) is 0 Å². The zero-order valence-corrected chi connectivity index (χ0v) is 5.12. The van der Waals surface area contributed by atoms with E-state index in [1.807, 2.05) is 0 Å². The van der Waals surface area contributed by atoms with Crippen molar-refractivity contribution in [3.8, 4) is 5.75 Å². The highest BCUT2D eigenvalue weighted by atomic mass is 19.1. The molecule has 0 aliphatic heterocycles. The summed E-state index contributed by atoms with van der Waals surface area (Å²) in [7, 11) is 0.443. The largest absolute Gasteiger partial charge is 0.569 e. The molecule has 0 fully saturated rings. The Morgan fingerprint density at radius 2 is 2.10 bits per heavy atom. The van der Waals surface area contributed by atoms with E-state index in [2.05, 4.69) is 4.65 Å². The molecule has 0 unspecified atom stereocenters. The Bertz CT molecular complexity index is 217. The highest BCUT2D eigenvalue weighted by Crippen LogP contribution is 2.13. The highest BCUT2D eigenvalue weighted by Gasteiger charge is 1.99. The van der Waals surface area contributed by atoms with Crippen LogP contribution in [0.2, 0.25) is 0 Å². The summed E-state index contributed by atoms with van der Waals surface area (Å²) in [5.41, 5.74) is 0. The summed E-state index contributed by atoms with van der Waals surface area (Å²) in [5, 5.41) is 8.13. The molecule has 0 aliphatic rings. The third kappa shape index (κ3) is 1.48. The molecule has 1 rings (SSSR count). The second kappa shape index (κ2) is 3.22. The molecule has 1 radical (unpaired) electrons. The third-order valence-electron chi connectivity index (χ3n) is 1.02. The maximum Gasteiger partial charge on any atom is 0.569 e. The number of hydrogen-bond donors (Lipinski definition) is 1. The molecular formula is C6H5BFO2. The van der Waals surface area contributed by atoms with E-state index >= 15 is 0 Å². The van der Waals surface area contributed by atoms with Gasteiger partial charge in [-0.15, -0.1) is 0 Å². The zero-order valence-electron chi connectivity index (χ0n) is 5.12. The normalized spacial score (nSPS) is 9.00. The number of benzene rings is 1. The fraction of sp³-hybridized carbons (Fsp3) is 0. The van der Waals surface area contributed by atoms with Crippen LogP contribution in [0.4, 0.5) is 4.39 Å². The first kappa shape index (κ1) is 7.09. The lowest BCUT2D eigenvalue weighted by Gasteiger charge is -2.00. The number of halogens is 1. The van der Waals surface area contributed by atoms with Crippen molar-refractivity contribution in [3.05, 3.63) is 30.1 Å². The molecule has 10 heavy (non-hydrogen) atoms. The molecule has 2 nitrogen and oxygen atoms in total. The van der Waals surface area contributed by atoms with Crippen LogP contribution in [0.5, 0.6) is 5.75 Å². The van der Waals surface area contributed by atoms with Gasteiger partial charge in [-0.05, 0) is 12.1 Å². The quantitative estimate of drug-likeness (QED) is 0.612. The smallest absolute Gasteiger partial charge is 0.535 e. The molecule has 0 aromatic heterocycles. The second-order valence-corrected chi connectivity index (χ2v) is 1.65. The average molecular weight is 139 g/mol. The Morgan fingerprint density at radius 1 is 1.40 bits per heavy atom. The molecule has 0 heterocycles. The minimum Gasteiger partial charge on any atom is -0.535 e. The van der Waals surface area contributed by atoms with Crippen LogP contribution >= 0.6 is 0 Å². The van der Waals surface area contributed by atoms with Gasteiger partial charge in [0, 0.05) is 0 Å². The summed E-state index contributed by atoms with van der Waals surface area (Å²) in [6, 6.07) is 5.82. The molecule has 0 saturated heterocycles. The van der Waals surface area contributed by atoms with E-state index in [1.165, 1.54) is 12.1 Å². The first-order valence-corrected chi connectivity index (χ1v) is 2.71. The fourth-order valence-corrected chi connectivity index (χ4v) is 0.597. The lowest BCUT2D eigenvalue weighted by molar-refractivity contribution is 0.431. The van der Waals surface area contributed by atoms with Gasteiger partial charge in [0.25, 0.3) is 0 Å². The average Bonchev–Trinajstić information content (AvgIpc) is 1.94. The van der Waals surface area contributed by atoms with Crippen molar-refractivity contribution < 1.29 is 14.1 Å². The van der Waals surface area contributed by atoms with Gasteiger partial charge < -0.3 is 9.68 Å². The van der Waals surface area contributed by atoms with Gasteiger partial charge >= 0.3 is 7.69 Å². The minimum atomic E-state index is -0.493. The van der Waals surface area contributed by atoms with Gasteiger partial charge in [0.2, 0.25) is 0 Å². The molecular weight excluding hydrogens is 134 g/mol. The Kier molecular flexibility index (Phi) is 2.28. The molecule has 1 N–H and O–H groups in total. The lowest BCUT2D eigenvalue weighted by Crippen LogP contribution is -2.00. The predicted molar refractivity (Wildman–Crippen MR) is 35.0 cm³/mol. The second-order valence-electron chi connectivity index (χ2n) is 1.65. The minimum absolute atomic E-state index is 0.0185. The van der Waals surface area contributed by atoms with Gasteiger partial charge in [-0.25, -0.2) is 4.39 Å². The Morgan fingerprint density at radius 3 is 2.70 bits per heavy atom. The molecule has 0 atom stereocenters. The summed E-state index contributed by atoms with van der Waals surface area (Å²) in [4.78, 5) is 0. The molecule has 0 amide bonds. The Hall–Kier alpha value is -1.03. The molecule has 0 aliphatic carbocycles. The zero-order chi connectivity index (χ0) is 7.40. The van der Waals surface area contributed by atoms with Gasteiger partial charge in [-0.1, -0.05) is 12.1 Å². The Balaban J connectivity index is 2.81. The van der Waals surface area contributed by atoms with Crippen molar-refractivity contribution in [2.75, 3.05) is 0 Å². The van der Waals surface area contributed by atoms with Crippen molar-refractivity contribution in [2.45, 2.75) is 0 Å². The summed E-state index contributed by atoms with van der Waals surface area (Å²) in [6.45, 7) is 0. The standard InChI is InChI=1S/C6H5BFO2/c8-5-3-1-2-4-6(5)10-7-9/h1-4,9H. The summed E-state index contributed by atoms with van der Waals surface area (Å²) >= 11 is 0. The fourth-order valence-electron chi connectivity index (χ4n) is 0.597. The highest BCUT2D eigenvalue weighted by molar-refractivity contribution is 6.17. The third-order valence-corrected chi connectivity index (χ3v) is 1.02. The Labute approximate surface area is 58.6 Å². The van der Waals surface area contributed by atoms with Crippen LogP contribution in [-0.4, -0.2) is 12.7 Å². The van der Waals surface area contributed by atoms with Gasteiger partial charge in [-0.2, -0.15) is 0 Å². The summed E-state index contributed by atoms with van der Waals surface area (Å²) < 4.78 is 16.9. The SMILES string of the molecule is O[B]Oc1ccccc1F. The van der Waals surface area contributed by atoms with Crippen LogP contribution < -0.4 is 4.65 Å². The maximum atomic E-state index is 12.5. The van der Waals surface area contributed by atoms with E-state index in [4.69, 9.17) is 5.02 Å². The van der Waals surface area contributed by atoms with Crippen LogP contribution in [0.25, 0.3) is 0 Å². The van der Waals surface area contributed by atoms with Gasteiger partial charge in [0.1, 0.15) is 5.75 Å². The molecule has 0 spiro atoms. The maximum absolute atomic E-state index is 12.5. The van der Waals surface area contributed by atoms with Crippen LogP contribution in [-0.2, 0) is 0 Å². The van der Waals surface area contributed by atoms with Crippen molar-refractivity contribution in [2.24, 2.45) is 0 Å². The molecule has 51 valence electrons. The van der Waals surface area contributed by atoms with E-state index in [9.17, 15) is 4.39 Å². The van der Waals surface area contributed by atoms with Gasteiger partial charge in [0.05, 0.1) is 0 Å². The van der Waals surface area contributed by atoms with Crippen molar-refractivity contribution in [1.82, 2.24) is 0 Å². The van der Waals surface area contributed by atoms with E-state index in [0.29, 0.717) is 7.69 Å². The molecule has 0 saturated carbocycles. The number of hydrogen-bond acceptors (Lipinski definition) is 2. The van der Waals surface area contributed by atoms with Crippen molar-refractivity contribution in [3.63, 3.8) is 0 Å². The van der Waals surface area contributed by atoms with Crippen LogP contribution in [0, 0.1) is 5.82 Å². The summed E-state index contributed by atoms with van der Waals surface area (Å²) in [6.07, 6.45) is 0. The molecule has 4 heteroatoms. The van der Waals surface area contributed by atoms with E-state index in [-0.39, 0.29) is 5.75 Å². The number of para-hydroxylation sites is 1. The first-order valence-electron chi connectivity index (χ1n) is 2.71. The van der Waals surface area contributed by atoms with Crippen molar-refractivity contribution >= 4 is 7.69 Å². The monoisotopic (exact) mass is 139 g/mol. The molecule has 1 aromatic carbocycles. The number of rotatable bonds is 2.